The van der Waals surface area contributed by atoms with Gasteiger partial charge in [0.05, 0.1) is 5.60 Å². The number of ether oxygens (including phenoxy) is 1. The molecule has 0 aromatic carbocycles. The second-order valence-electron chi connectivity index (χ2n) is 4.84. The third-order valence-electron chi connectivity index (χ3n) is 3.21. The standard InChI is InChI=1S/C12H16N2O5S/c1-14(7-12(18)2-4-19-5-3-12)10(15)9-13-8(6-20-9)11(16)17/h6,18H,2-5,7H2,1H3,(H,16,17). The van der Waals surface area contributed by atoms with Crippen molar-refractivity contribution >= 4 is 23.2 Å². The second-order valence-corrected chi connectivity index (χ2v) is 5.70. The van der Waals surface area contributed by atoms with Crippen LogP contribution in [-0.2, 0) is 4.74 Å². The van der Waals surface area contributed by atoms with Gasteiger partial charge in [0.2, 0.25) is 0 Å². The Morgan fingerprint density at radius 2 is 2.15 bits per heavy atom. The van der Waals surface area contributed by atoms with E-state index >= 15 is 0 Å². The fourth-order valence-corrected chi connectivity index (χ4v) is 2.84. The summed E-state index contributed by atoms with van der Waals surface area (Å²) in [6.07, 6.45) is 0.950. The van der Waals surface area contributed by atoms with Gasteiger partial charge >= 0.3 is 5.97 Å². The fourth-order valence-electron chi connectivity index (χ4n) is 2.06. The summed E-state index contributed by atoms with van der Waals surface area (Å²) in [5, 5.41) is 20.6. The predicted octanol–water partition coefficient (Wildman–Crippen LogP) is 0.455. The number of thiazole rings is 1. The van der Waals surface area contributed by atoms with E-state index in [-0.39, 0.29) is 23.2 Å². The van der Waals surface area contributed by atoms with Gasteiger partial charge in [0.15, 0.2) is 10.7 Å². The molecule has 1 amide bonds. The van der Waals surface area contributed by atoms with Crippen LogP contribution in [-0.4, -0.2) is 64.4 Å². The first-order valence-electron chi connectivity index (χ1n) is 6.16. The minimum Gasteiger partial charge on any atom is -0.476 e. The van der Waals surface area contributed by atoms with Crippen LogP contribution in [0.2, 0.25) is 0 Å². The van der Waals surface area contributed by atoms with Crippen LogP contribution >= 0.6 is 11.3 Å². The highest BCUT2D eigenvalue weighted by atomic mass is 32.1. The third kappa shape index (κ3) is 3.33. The second kappa shape index (κ2) is 5.86. The third-order valence-corrected chi connectivity index (χ3v) is 4.04. The number of aromatic carboxylic acids is 1. The predicted molar refractivity (Wildman–Crippen MR) is 71.0 cm³/mol. The molecule has 20 heavy (non-hydrogen) atoms. The Bertz CT molecular complexity index is 510. The minimum atomic E-state index is -1.16. The number of amides is 1. The van der Waals surface area contributed by atoms with Crippen LogP contribution in [0, 0.1) is 0 Å². The summed E-state index contributed by atoms with van der Waals surface area (Å²) in [5.74, 6) is -1.55. The van der Waals surface area contributed by atoms with Crippen molar-refractivity contribution in [2.75, 3.05) is 26.8 Å². The van der Waals surface area contributed by atoms with Gasteiger partial charge in [-0.25, -0.2) is 9.78 Å². The molecular formula is C12H16N2O5S. The van der Waals surface area contributed by atoms with Crippen molar-refractivity contribution in [2.45, 2.75) is 18.4 Å². The lowest BCUT2D eigenvalue weighted by molar-refractivity contribution is -0.0734. The normalized spacial score (nSPS) is 17.7. The quantitative estimate of drug-likeness (QED) is 0.837. The van der Waals surface area contributed by atoms with E-state index in [1.807, 2.05) is 0 Å². The molecule has 7 nitrogen and oxygen atoms in total. The molecule has 0 atom stereocenters. The highest BCUT2D eigenvalue weighted by Gasteiger charge is 2.33. The summed E-state index contributed by atoms with van der Waals surface area (Å²) in [6.45, 7) is 1.12. The SMILES string of the molecule is CN(CC1(O)CCOCC1)C(=O)c1nc(C(=O)O)cs1. The van der Waals surface area contributed by atoms with Gasteiger partial charge in [-0.2, -0.15) is 0 Å². The number of carboxylic acid groups (broad SMARTS) is 1. The van der Waals surface area contributed by atoms with Gasteiger partial charge in [-0.05, 0) is 0 Å². The van der Waals surface area contributed by atoms with Crippen LogP contribution in [0.5, 0.6) is 0 Å². The van der Waals surface area contributed by atoms with Crippen molar-refractivity contribution in [3.05, 3.63) is 16.1 Å². The fraction of sp³-hybridized carbons (Fsp3) is 0.583. The lowest BCUT2D eigenvalue weighted by atomic mass is 9.94. The average Bonchev–Trinajstić information content (AvgIpc) is 2.87. The Hall–Kier alpha value is -1.51. The van der Waals surface area contributed by atoms with Gasteiger partial charge in [0.1, 0.15) is 0 Å². The topological polar surface area (TPSA) is 100.0 Å². The number of likely N-dealkylation sites (N-methyl/N-ethyl adjacent to an activating group) is 1. The number of carbonyl (C=O) groups is 2. The van der Waals surface area contributed by atoms with Crippen molar-refractivity contribution in [2.24, 2.45) is 0 Å². The Balaban J connectivity index is 2.02. The lowest BCUT2D eigenvalue weighted by Gasteiger charge is -2.35. The molecule has 0 spiro atoms. The summed E-state index contributed by atoms with van der Waals surface area (Å²) in [4.78, 5) is 28.0. The summed E-state index contributed by atoms with van der Waals surface area (Å²) < 4.78 is 5.18. The van der Waals surface area contributed by atoms with E-state index in [9.17, 15) is 14.7 Å². The first-order chi connectivity index (χ1) is 9.41. The van der Waals surface area contributed by atoms with Crippen LogP contribution in [0.25, 0.3) is 0 Å². The maximum Gasteiger partial charge on any atom is 0.355 e. The van der Waals surface area contributed by atoms with Crippen LogP contribution in [0.4, 0.5) is 0 Å². The number of aromatic nitrogens is 1. The van der Waals surface area contributed by atoms with Gasteiger partial charge in [0, 0.05) is 45.0 Å². The minimum absolute atomic E-state index is 0.112. The molecule has 1 fully saturated rings. The molecule has 8 heteroatoms. The van der Waals surface area contributed by atoms with Crippen molar-refractivity contribution in [1.29, 1.82) is 0 Å². The van der Waals surface area contributed by atoms with Gasteiger partial charge in [-0.1, -0.05) is 0 Å². The molecule has 0 unspecified atom stereocenters. The molecule has 1 aliphatic rings. The first kappa shape index (κ1) is 14.9. The average molecular weight is 300 g/mol. The largest absolute Gasteiger partial charge is 0.476 e. The zero-order chi connectivity index (χ0) is 14.8. The Labute approximate surface area is 119 Å². The molecule has 1 aliphatic heterocycles. The number of carboxylic acids is 1. The maximum atomic E-state index is 12.1. The van der Waals surface area contributed by atoms with Gasteiger partial charge in [0.25, 0.3) is 5.91 Å². The van der Waals surface area contributed by atoms with Crippen molar-refractivity contribution < 1.29 is 24.5 Å². The van der Waals surface area contributed by atoms with Crippen LogP contribution < -0.4 is 0 Å². The Kier molecular flexibility index (Phi) is 4.36. The zero-order valence-electron chi connectivity index (χ0n) is 11.0. The Morgan fingerprint density at radius 3 is 2.70 bits per heavy atom. The van der Waals surface area contributed by atoms with E-state index in [0.717, 1.165) is 11.3 Å². The monoisotopic (exact) mass is 300 g/mol. The molecule has 1 saturated heterocycles. The summed E-state index contributed by atoms with van der Waals surface area (Å²) >= 11 is 0.986. The maximum absolute atomic E-state index is 12.1. The number of rotatable bonds is 4. The highest BCUT2D eigenvalue weighted by Crippen LogP contribution is 2.22. The molecule has 0 bridgehead atoms. The molecule has 2 rings (SSSR count). The molecule has 0 aliphatic carbocycles. The van der Waals surface area contributed by atoms with Crippen molar-refractivity contribution in [1.82, 2.24) is 9.88 Å². The number of nitrogens with zero attached hydrogens (tertiary/aromatic N) is 2. The molecule has 1 aromatic heterocycles. The van der Waals surface area contributed by atoms with E-state index in [0.29, 0.717) is 26.1 Å². The van der Waals surface area contributed by atoms with E-state index in [1.165, 1.54) is 10.3 Å². The molecule has 2 N–H and O–H groups in total. The molecule has 0 radical (unpaired) electrons. The molecule has 0 saturated carbocycles. The van der Waals surface area contributed by atoms with Crippen molar-refractivity contribution in [3.8, 4) is 0 Å². The van der Waals surface area contributed by atoms with E-state index < -0.39 is 11.6 Å². The molecule has 2 heterocycles. The zero-order valence-corrected chi connectivity index (χ0v) is 11.9. The van der Waals surface area contributed by atoms with E-state index in [4.69, 9.17) is 9.84 Å². The van der Waals surface area contributed by atoms with Gasteiger partial charge < -0.3 is 19.8 Å². The summed E-state index contributed by atoms with van der Waals surface area (Å²) in [5.41, 5.74) is -1.09. The van der Waals surface area contributed by atoms with Crippen LogP contribution in [0.15, 0.2) is 5.38 Å². The molecular weight excluding hydrogens is 284 g/mol. The number of aliphatic hydroxyl groups is 1. The van der Waals surface area contributed by atoms with E-state index in [2.05, 4.69) is 4.98 Å². The smallest absolute Gasteiger partial charge is 0.355 e. The lowest BCUT2D eigenvalue weighted by Crippen LogP contribution is -2.47. The Morgan fingerprint density at radius 1 is 1.50 bits per heavy atom. The van der Waals surface area contributed by atoms with Crippen molar-refractivity contribution in [3.63, 3.8) is 0 Å². The summed E-state index contributed by atoms with van der Waals surface area (Å²) in [7, 11) is 1.57. The molecule has 110 valence electrons. The van der Waals surface area contributed by atoms with Crippen LogP contribution in [0.1, 0.15) is 33.1 Å². The number of hydrogen-bond acceptors (Lipinski definition) is 6. The first-order valence-corrected chi connectivity index (χ1v) is 7.04. The summed E-state index contributed by atoms with van der Waals surface area (Å²) in [6, 6.07) is 0. The van der Waals surface area contributed by atoms with Gasteiger partial charge in [-0.3, -0.25) is 4.79 Å². The molecule has 1 aromatic rings. The van der Waals surface area contributed by atoms with Gasteiger partial charge in [-0.15, -0.1) is 11.3 Å². The van der Waals surface area contributed by atoms with E-state index in [1.54, 1.807) is 7.05 Å². The number of carbonyl (C=O) groups excluding carboxylic acids is 1. The number of hydrogen-bond donors (Lipinski definition) is 2. The van der Waals surface area contributed by atoms with Crippen LogP contribution in [0.3, 0.4) is 0 Å². The highest BCUT2D eigenvalue weighted by molar-refractivity contribution is 7.11.